The van der Waals surface area contributed by atoms with Crippen LogP contribution in [0.2, 0.25) is 16.6 Å². The molecule has 0 aromatic heterocycles. The second kappa shape index (κ2) is 10.9. The Kier molecular flexibility index (Phi) is 9.67. The predicted octanol–water partition coefficient (Wildman–Crippen LogP) is 6.61. The number of benzene rings is 1. The Hall–Kier alpha value is -1.05. The van der Waals surface area contributed by atoms with E-state index >= 15 is 0 Å². The summed E-state index contributed by atoms with van der Waals surface area (Å²) in [5, 5.41) is 0. The van der Waals surface area contributed by atoms with Gasteiger partial charge in [-0.15, -0.1) is 5.54 Å². The van der Waals surface area contributed by atoms with Crippen molar-refractivity contribution in [3.8, 4) is 11.5 Å². The minimum absolute atomic E-state index is 0.154. The summed E-state index contributed by atoms with van der Waals surface area (Å²) in [5.74, 6) is 3.22. The number of halogens is 1. The molecule has 0 amide bonds. The van der Waals surface area contributed by atoms with Crippen molar-refractivity contribution in [2.24, 2.45) is 0 Å². The number of ether oxygens (including phenoxy) is 1. The van der Waals surface area contributed by atoms with E-state index in [9.17, 15) is 4.79 Å². The standard InChI is InChI=1S/C22H33BrO2Si/c1-17(2)26(18(3)4,19(5)6)16-14-21(23)13-10-15-25-22(24)20-11-8-7-9-12-20/h7-9,11-12,17-19,21H,10,13,15H2,1-6H3. The highest BCUT2D eigenvalue weighted by Gasteiger charge is 2.41. The first kappa shape index (κ1) is 23.0. The molecule has 0 N–H and O–H groups in total. The highest BCUT2D eigenvalue weighted by molar-refractivity contribution is 9.09. The van der Waals surface area contributed by atoms with Crippen LogP contribution in [0.25, 0.3) is 0 Å². The maximum absolute atomic E-state index is 11.9. The fraction of sp³-hybridized carbons (Fsp3) is 0.591. The molecule has 0 aliphatic heterocycles. The Morgan fingerprint density at radius 3 is 2.08 bits per heavy atom. The van der Waals surface area contributed by atoms with Crippen LogP contribution in [0.15, 0.2) is 30.3 Å². The molecule has 1 aromatic rings. The van der Waals surface area contributed by atoms with Gasteiger partial charge in [0.2, 0.25) is 0 Å². The third-order valence-electron chi connectivity index (χ3n) is 5.16. The molecule has 0 radical (unpaired) electrons. The molecule has 26 heavy (non-hydrogen) atoms. The fourth-order valence-corrected chi connectivity index (χ4v) is 9.73. The second-order valence-electron chi connectivity index (χ2n) is 7.78. The number of carbonyl (C=O) groups is 1. The molecule has 0 heterocycles. The van der Waals surface area contributed by atoms with Gasteiger partial charge in [0.25, 0.3) is 0 Å². The number of rotatable bonds is 8. The van der Waals surface area contributed by atoms with E-state index in [2.05, 4.69) is 68.9 Å². The summed E-state index contributed by atoms with van der Waals surface area (Å²) < 4.78 is 5.34. The lowest BCUT2D eigenvalue weighted by atomic mass is 10.2. The van der Waals surface area contributed by atoms with Gasteiger partial charge < -0.3 is 4.74 Å². The van der Waals surface area contributed by atoms with Gasteiger partial charge >= 0.3 is 5.97 Å². The number of alkyl halides is 1. The van der Waals surface area contributed by atoms with Crippen molar-refractivity contribution in [3.63, 3.8) is 0 Å². The molecule has 144 valence electrons. The summed E-state index contributed by atoms with van der Waals surface area (Å²) >= 11 is 3.70. The van der Waals surface area contributed by atoms with Crippen LogP contribution in [-0.4, -0.2) is 25.5 Å². The van der Waals surface area contributed by atoms with Gasteiger partial charge in [-0.2, -0.15) is 0 Å². The molecule has 0 saturated heterocycles. The van der Waals surface area contributed by atoms with Gasteiger partial charge in [0.15, 0.2) is 0 Å². The average molecular weight is 437 g/mol. The number of esters is 1. The first-order valence-electron chi connectivity index (χ1n) is 9.60. The van der Waals surface area contributed by atoms with Crippen LogP contribution in [0.4, 0.5) is 0 Å². The Balaban J connectivity index is 2.55. The molecule has 0 aliphatic rings. The fourth-order valence-electron chi connectivity index (χ4n) is 3.79. The van der Waals surface area contributed by atoms with Crippen molar-refractivity contribution in [3.05, 3.63) is 35.9 Å². The van der Waals surface area contributed by atoms with Crippen molar-refractivity contribution < 1.29 is 9.53 Å². The molecule has 4 heteroatoms. The van der Waals surface area contributed by atoms with E-state index in [0.717, 1.165) is 12.8 Å². The van der Waals surface area contributed by atoms with Crippen molar-refractivity contribution in [1.82, 2.24) is 0 Å². The van der Waals surface area contributed by atoms with Gasteiger partial charge in [-0.05, 0) is 41.6 Å². The second-order valence-corrected chi connectivity index (χ2v) is 14.5. The van der Waals surface area contributed by atoms with Crippen molar-refractivity contribution >= 4 is 30.0 Å². The Bertz CT molecular complexity index is 592. The summed E-state index contributed by atoms with van der Waals surface area (Å²) in [5.41, 5.74) is 6.26. The van der Waals surface area contributed by atoms with Crippen molar-refractivity contribution in [2.75, 3.05) is 6.61 Å². The normalized spacial score (nSPS) is 12.8. The first-order valence-corrected chi connectivity index (χ1v) is 12.8. The van der Waals surface area contributed by atoms with Gasteiger partial charge in [0.05, 0.1) is 17.0 Å². The van der Waals surface area contributed by atoms with Crippen LogP contribution in [0.3, 0.4) is 0 Å². The molecule has 1 atom stereocenters. The molecule has 1 aromatic carbocycles. The van der Waals surface area contributed by atoms with Gasteiger partial charge in [0.1, 0.15) is 8.07 Å². The Labute approximate surface area is 169 Å². The Morgan fingerprint density at radius 1 is 1.04 bits per heavy atom. The molecule has 0 bridgehead atoms. The van der Waals surface area contributed by atoms with E-state index in [1.807, 2.05) is 18.2 Å². The van der Waals surface area contributed by atoms with E-state index in [-0.39, 0.29) is 10.8 Å². The average Bonchev–Trinajstić information content (AvgIpc) is 2.58. The predicted molar refractivity (Wildman–Crippen MR) is 117 cm³/mol. The molecule has 1 unspecified atom stereocenters. The van der Waals surface area contributed by atoms with Crippen LogP contribution < -0.4 is 0 Å². The molecule has 0 spiro atoms. The SMILES string of the molecule is CC(C)[Si](C#CC(Br)CCCOC(=O)c1ccccc1)(C(C)C)C(C)C. The summed E-state index contributed by atoms with van der Waals surface area (Å²) in [6, 6.07) is 9.12. The summed E-state index contributed by atoms with van der Waals surface area (Å²) in [6.45, 7) is 14.4. The molecule has 2 nitrogen and oxygen atoms in total. The molecule has 0 saturated carbocycles. The zero-order valence-electron chi connectivity index (χ0n) is 17.0. The first-order chi connectivity index (χ1) is 12.2. The number of hydrogen-bond donors (Lipinski definition) is 0. The quantitative estimate of drug-likeness (QED) is 0.150. The zero-order chi connectivity index (χ0) is 19.7. The summed E-state index contributed by atoms with van der Waals surface area (Å²) in [7, 11) is -1.68. The van der Waals surface area contributed by atoms with Crippen molar-refractivity contribution in [2.45, 2.75) is 75.8 Å². The third kappa shape index (κ3) is 6.28. The van der Waals surface area contributed by atoms with Crippen LogP contribution in [0, 0.1) is 11.5 Å². The maximum atomic E-state index is 11.9. The van der Waals surface area contributed by atoms with Crippen molar-refractivity contribution in [1.29, 1.82) is 0 Å². The molecule has 1 rings (SSSR count). The minimum atomic E-state index is -1.68. The largest absolute Gasteiger partial charge is 0.462 e. The summed E-state index contributed by atoms with van der Waals surface area (Å²) in [6.07, 6.45) is 1.69. The zero-order valence-corrected chi connectivity index (χ0v) is 19.6. The maximum Gasteiger partial charge on any atom is 0.338 e. The number of carbonyl (C=O) groups excluding carboxylic acids is 1. The van der Waals surface area contributed by atoms with Gasteiger partial charge in [-0.25, -0.2) is 4.79 Å². The molecule has 0 aliphatic carbocycles. The lowest BCUT2D eigenvalue weighted by Gasteiger charge is -2.38. The van der Waals surface area contributed by atoms with Gasteiger partial charge in [-0.3, -0.25) is 0 Å². The number of hydrogen-bond acceptors (Lipinski definition) is 2. The van der Waals surface area contributed by atoms with Crippen LogP contribution >= 0.6 is 15.9 Å². The van der Waals surface area contributed by atoms with Crippen LogP contribution in [0.1, 0.15) is 64.7 Å². The lowest BCUT2D eigenvalue weighted by Crippen LogP contribution is -2.43. The summed E-state index contributed by atoms with van der Waals surface area (Å²) in [4.78, 5) is 12.1. The molecular formula is C22H33BrO2Si. The Morgan fingerprint density at radius 2 is 1.58 bits per heavy atom. The van der Waals surface area contributed by atoms with E-state index < -0.39 is 8.07 Å². The van der Waals surface area contributed by atoms with Crippen LogP contribution in [-0.2, 0) is 4.74 Å². The van der Waals surface area contributed by atoms with E-state index in [4.69, 9.17) is 4.74 Å². The van der Waals surface area contributed by atoms with E-state index in [0.29, 0.717) is 28.8 Å². The highest BCUT2D eigenvalue weighted by atomic mass is 79.9. The molecule has 0 fully saturated rings. The molecular weight excluding hydrogens is 404 g/mol. The van der Waals surface area contributed by atoms with Crippen LogP contribution in [0.5, 0.6) is 0 Å². The topological polar surface area (TPSA) is 26.3 Å². The smallest absolute Gasteiger partial charge is 0.338 e. The lowest BCUT2D eigenvalue weighted by molar-refractivity contribution is 0.0499. The van der Waals surface area contributed by atoms with E-state index in [1.165, 1.54) is 0 Å². The highest BCUT2D eigenvalue weighted by Crippen LogP contribution is 2.40. The van der Waals surface area contributed by atoms with E-state index in [1.54, 1.807) is 12.1 Å². The minimum Gasteiger partial charge on any atom is -0.462 e. The van der Waals surface area contributed by atoms with Gasteiger partial charge in [0, 0.05) is 0 Å². The van der Waals surface area contributed by atoms with Gasteiger partial charge in [-0.1, -0.05) is 81.6 Å². The third-order valence-corrected chi connectivity index (χ3v) is 12.2. The monoisotopic (exact) mass is 436 g/mol.